The van der Waals surface area contributed by atoms with Crippen LogP contribution in [0.25, 0.3) is 0 Å². The van der Waals surface area contributed by atoms with Crippen molar-refractivity contribution in [1.82, 2.24) is 10.3 Å². The van der Waals surface area contributed by atoms with Crippen molar-refractivity contribution in [3.63, 3.8) is 0 Å². The molecule has 2 aromatic heterocycles. The van der Waals surface area contributed by atoms with Gasteiger partial charge in [-0.2, -0.15) is 13.2 Å². The highest BCUT2D eigenvalue weighted by atomic mass is 19.4. The van der Waals surface area contributed by atoms with E-state index in [1.807, 2.05) is 6.07 Å². The summed E-state index contributed by atoms with van der Waals surface area (Å²) in [6, 6.07) is 16.1. The zero-order chi connectivity index (χ0) is 26.4. The van der Waals surface area contributed by atoms with Crippen molar-refractivity contribution in [2.45, 2.75) is 25.6 Å². The number of alkyl halides is 3. The second-order valence-corrected chi connectivity index (χ2v) is 8.08. The van der Waals surface area contributed by atoms with Crippen LogP contribution in [0.1, 0.15) is 29.7 Å². The summed E-state index contributed by atoms with van der Waals surface area (Å²) in [6.45, 7) is 1.92. The predicted molar refractivity (Wildman–Crippen MR) is 128 cm³/mol. The average molecular weight is 511 g/mol. The number of carbonyl (C=O) groups is 2. The third kappa shape index (κ3) is 6.90. The van der Waals surface area contributed by atoms with Crippen LogP contribution in [0, 0.1) is 0 Å². The van der Waals surface area contributed by atoms with Crippen molar-refractivity contribution in [3.8, 4) is 0 Å². The Morgan fingerprint density at radius 2 is 1.68 bits per heavy atom. The number of pyridine rings is 1. The third-order valence-electron chi connectivity index (χ3n) is 5.28. The maximum Gasteiger partial charge on any atom is 0.416 e. The van der Waals surface area contributed by atoms with E-state index < -0.39 is 29.6 Å². The summed E-state index contributed by atoms with van der Waals surface area (Å²) in [5.41, 5.74) is 0.0662. The van der Waals surface area contributed by atoms with Crippen LogP contribution < -0.4 is 20.6 Å². The number of hydrogen-bond donors (Lipinski definition) is 3. The number of benzene rings is 2. The Labute approximate surface area is 209 Å². The van der Waals surface area contributed by atoms with E-state index in [-0.39, 0.29) is 23.8 Å². The maximum absolute atomic E-state index is 13.5. The number of nitrogens with zero attached hydrogens (tertiary/aromatic N) is 3. The number of rotatable bonds is 7. The Morgan fingerprint density at radius 3 is 2.35 bits per heavy atom. The third-order valence-corrected chi connectivity index (χ3v) is 5.28. The molecule has 0 radical (unpaired) electrons. The first-order valence-corrected chi connectivity index (χ1v) is 11.1. The van der Waals surface area contributed by atoms with E-state index in [0.29, 0.717) is 11.3 Å². The molecule has 0 aliphatic carbocycles. The Bertz CT molecular complexity index is 1380. The van der Waals surface area contributed by atoms with E-state index >= 15 is 0 Å². The van der Waals surface area contributed by atoms with Crippen LogP contribution in [0.4, 0.5) is 35.2 Å². The van der Waals surface area contributed by atoms with Gasteiger partial charge in [-0.25, -0.2) is 4.79 Å². The Morgan fingerprint density at radius 1 is 0.973 bits per heavy atom. The SMILES string of the molecule is CC(C(=O)Nc1cc(NC(=O)Nc2c[n+](Cc3ccccn3)no2)cc(C(F)(F)F)c1)c1ccccc1. The Hall–Kier alpha value is -4.74. The molecule has 0 aliphatic rings. The molecule has 3 N–H and O–H groups in total. The molecule has 190 valence electrons. The normalized spacial score (nSPS) is 12.0. The summed E-state index contributed by atoms with van der Waals surface area (Å²) in [4.78, 5) is 29.3. The predicted octanol–water partition coefficient (Wildman–Crippen LogP) is 4.81. The molecule has 37 heavy (non-hydrogen) atoms. The molecule has 4 rings (SSSR count). The molecule has 0 fully saturated rings. The lowest BCUT2D eigenvalue weighted by Gasteiger charge is -2.16. The summed E-state index contributed by atoms with van der Waals surface area (Å²) < 4.78 is 46.9. The molecule has 12 heteroatoms. The largest absolute Gasteiger partial charge is 0.416 e. The summed E-state index contributed by atoms with van der Waals surface area (Å²) in [6.07, 6.45) is -1.69. The molecule has 0 spiro atoms. The summed E-state index contributed by atoms with van der Waals surface area (Å²) in [7, 11) is 0. The highest BCUT2D eigenvalue weighted by Crippen LogP contribution is 2.34. The summed E-state index contributed by atoms with van der Waals surface area (Å²) in [5, 5.41) is 11.0. The van der Waals surface area contributed by atoms with Crippen LogP contribution in [-0.2, 0) is 17.5 Å². The van der Waals surface area contributed by atoms with Gasteiger partial charge in [0.15, 0.2) is 0 Å². The van der Waals surface area contributed by atoms with Crippen LogP contribution in [0.3, 0.4) is 0 Å². The van der Waals surface area contributed by atoms with Crippen molar-refractivity contribution < 1.29 is 32.0 Å². The van der Waals surface area contributed by atoms with Gasteiger partial charge >= 0.3 is 18.1 Å². The highest BCUT2D eigenvalue weighted by Gasteiger charge is 2.32. The molecule has 0 saturated heterocycles. The fraction of sp³-hybridized carbons (Fsp3) is 0.160. The van der Waals surface area contributed by atoms with Gasteiger partial charge < -0.3 is 10.6 Å². The number of hydrogen-bond acceptors (Lipinski definition) is 5. The molecular weight excluding hydrogens is 489 g/mol. The molecule has 2 aromatic carbocycles. The van der Waals surface area contributed by atoms with Gasteiger partial charge in [0.1, 0.15) is 5.69 Å². The monoisotopic (exact) mass is 511 g/mol. The molecule has 0 bridgehead atoms. The standard InChI is InChI=1S/C25H21F3N6O3/c1-16(17-7-3-2-4-8-17)23(35)30-20-11-18(25(26,27)28)12-21(13-20)31-24(36)32-22-15-34(33-37-22)14-19-9-5-6-10-29-19/h2-13,15-16H,14H2,1H3,(H2-,30,31,32,33,35,36)/p+1. The number of carbonyl (C=O) groups excluding carboxylic acids is 2. The molecule has 1 atom stereocenters. The van der Waals surface area contributed by atoms with Gasteiger partial charge in [0.05, 0.1) is 11.5 Å². The molecular formula is C25H22F3N6O3+. The number of nitrogens with one attached hydrogen (secondary N) is 3. The number of halogens is 3. The lowest BCUT2D eigenvalue weighted by atomic mass is 10.0. The lowest BCUT2D eigenvalue weighted by Crippen LogP contribution is -2.35. The van der Waals surface area contributed by atoms with E-state index in [2.05, 4.69) is 26.2 Å². The number of urea groups is 1. The van der Waals surface area contributed by atoms with Crippen molar-refractivity contribution in [2.24, 2.45) is 0 Å². The van der Waals surface area contributed by atoms with Gasteiger partial charge in [-0.1, -0.05) is 36.4 Å². The smallest absolute Gasteiger partial charge is 0.325 e. The van der Waals surface area contributed by atoms with Crippen LogP contribution >= 0.6 is 0 Å². The van der Waals surface area contributed by atoms with Gasteiger partial charge in [0, 0.05) is 17.6 Å². The first kappa shape index (κ1) is 25.4. The fourth-order valence-electron chi connectivity index (χ4n) is 3.42. The highest BCUT2D eigenvalue weighted by molar-refractivity contribution is 6.00. The second-order valence-electron chi connectivity index (χ2n) is 8.08. The second kappa shape index (κ2) is 10.9. The zero-order valence-electron chi connectivity index (χ0n) is 19.5. The number of anilines is 3. The van der Waals surface area contributed by atoms with E-state index in [4.69, 9.17) is 4.52 Å². The Kier molecular flexibility index (Phi) is 7.47. The van der Waals surface area contributed by atoms with Gasteiger partial charge in [-0.15, -0.1) is 0 Å². The minimum atomic E-state index is -4.71. The molecule has 1 unspecified atom stereocenters. The summed E-state index contributed by atoms with van der Waals surface area (Å²) >= 11 is 0. The van der Waals surface area contributed by atoms with E-state index in [1.165, 1.54) is 16.9 Å². The van der Waals surface area contributed by atoms with E-state index in [0.717, 1.165) is 12.1 Å². The minimum Gasteiger partial charge on any atom is -0.325 e. The Balaban J connectivity index is 1.45. The van der Waals surface area contributed by atoms with Crippen molar-refractivity contribution in [1.29, 1.82) is 0 Å². The van der Waals surface area contributed by atoms with Gasteiger partial charge in [0.2, 0.25) is 17.7 Å². The van der Waals surface area contributed by atoms with Gasteiger partial charge in [-0.3, -0.25) is 19.6 Å². The van der Waals surface area contributed by atoms with Gasteiger partial charge in [-0.05, 0) is 47.5 Å². The first-order valence-electron chi connectivity index (χ1n) is 11.1. The van der Waals surface area contributed by atoms with Crippen LogP contribution in [0.2, 0.25) is 0 Å². The number of aromatic nitrogens is 3. The average Bonchev–Trinajstić information content (AvgIpc) is 3.30. The van der Waals surface area contributed by atoms with Crippen LogP contribution in [0.15, 0.2) is 83.6 Å². The maximum atomic E-state index is 13.5. The molecule has 9 nitrogen and oxygen atoms in total. The quantitative estimate of drug-likeness (QED) is 0.308. The van der Waals surface area contributed by atoms with E-state index in [9.17, 15) is 22.8 Å². The molecule has 4 aromatic rings. The summed E-state index contributed by atoms with van der Waals surface area (Å²) in [5.74, 6) is -1.15. The van der Waals surface area contributed by atoms with Crippen molar-refractivity contribution >= 4 is 29.2 Å². The minimum absolute atomic E-state index is 0.0365. The molecule has 0 aliphatic heterocycles. The van der Waals surface area contributed by atoms with Crippen LogP contribution in [0.5, 0.6) is 0 Å². The van der Waals surface area contributed by atoms with E-state index in [1.54, 1.807) is 55.6 Å². The van der Waals surface area contributed by atoms with Gasteiger partial charge in [0.25, 0.3) is 6.20 Å². The van der Waals surface area contributed by atoms with Crippen molar-refractivity contribution in [2.75, 3.05) is 16.0 Å². The molecule has 2 heterocycles. The zero-order valence-corrected chi connectivity index (χ0v) is 19.5. The van der Waals surface area contributed by atoms with Crippen LogP contribution in [-0.4, -0.2) is 22.2 Å². The fourth-order valence-corrected chi connectivity index (χ4v) is 3.42. The molecule has 3 amide bonds. The topological polar surface area (TPSA) is 113 Å². The van der Waals surface area contributed by atoms with Crippen molar-refractivity contribution in [3.05, 3.63) is 95.9 Å². The number of amides is 3. The molecule has 0 saturated carbocycles. The lowest BCUT2D eigenvalue weighted by molar-refractivity contribution is -0.755. The first-order chi connectivity index (χ1) is 17.7.